The molecule has 1 aromatic rings. The smallest absolute Gasteiger partial charge is 0.170 e. The fourth-order valence-corrected chi connectivity index (χ4v) is 1.86. The van der Waals surface area contributed by atoms with Gasteiger partial charge >= 0.3 is 0 Å². The van der Waals surface area contributed by atoms with Gasteiger partial charge in [-0.05, 0) is 30.5 Å². The minimum absolute atomic E-state index is 0.143. The first kappa shape index (κ1) is 13.9. The molecular formula is C12H19N3OS. The molecule has 0 bridgehead atoms. The van der Waals surface area contributed by atoms with Crippen LogP contribution in [0.15, 0.2) is 29.4 Å². The van der Waals surface area contributed by atoms with Crippen LogP contribution < -0.4 is 11.1 Å². The van der Waals surface area contributed by atoms with E-state index in [2.05, 4.69) is 16.7 Å². The van der Waals surface area contributed by atoms with E-state index in [1.807, 2.05) is 36.0 Å². The summed E-state index contributed by atoms with van der Waals surface area (Å²) in [5.41, 5.74) is 7.41. The average molecular weight is 253 g/mol. The van der Waals surface area contributed by atoms with Gasteiger partial charge in [-0.15, -0.1) is 0 Å². The number of nitrogens with zero attached hydrogens (tertiary/aromatic N) is 1. The quantitative estimate of drug-likeness (QED) is 0.227. The van der Waals surface area contributed by atoms with Gasteiger partial charge in [-0.3, -0.25) is 0 Å². The van der Waals surface area contributed by atoms with Crippen LogP contribution in [0.3, 0.4) is 0 Å². The molecular weight excluding hydrogens is 234 g/mol. The molecule has 0 amide bonds. The molecule has 0 saturated heterocycles. The van der Waals surface area contributed by atoms with Gasteiger partial charge in [0.2, 0.25) is 0 Å². The van der Waals surface area contributed by atoms with Gasteiger partial charge in [0, 0.05) is 12.1 Å². The molecule has 0 saturated carbocycles. The van der Waals surface area contributed by atoms with Crippen molar-refractivity contribution in [1.82, 2.24) is 5.32 Å². The van der Waals surface area contributed by atoms with E-state index in [9.17, 15) is 0 Å². The van der Waals surface area contributed by atoms with E-state index in [-0.39, 0.29) is 5.84 Å². The zero-order valence-electron chi connectivity index (χ0n) is 10.0. The van der Waals surface area contributed by atoms with Crippen LogP contribution in [0.2, 0.25) is 0 Å². The highest BCUT2D eigenvalue weighted by Gasteiger charge is 1.98. The van der Waals surface area contributed by atoms with E-state index in [1.165, 1.54) is 17.7 Å². The van der Waals surface area contributed by atoms with Crippen molar-refractivity contribution in [3.8, 4) is 0 Å². The molecule has 0 spiro atoms. The van der Waals surface area contributed by atoms with Gasteiger partial charge in [-0.2, -0.15) is 11.8 Å². The van der Waals surface area contributed by atoms with E-state index < -0.39 is 0 Å². The Morgan fingerprint density at radius 3 is 2.71 bits per heavy atom. The summed E-state index contributed by atoms with van der Waals surface area (Å²) in [7, 11) is 0. The summed E-state index contributed by atoms with van der Waals surface area (Å²) in [6.07, 6.45) is 3.30. The van der Waals surface area contributed by atoms with Crippen molar-refractivity contribution in [3.63, 3.8) is 0 Å². The van der Waals surface area contributed by atoms with E-state index >= 15 is 0 Å². The molecule has 4 N–H and O–H groups in total. The third-order valence-electron chi connectivity index (χ3n) is 2.39. The zero-order valence-corrected chi connectivity index (χ0v) is 10.8. The van der Waals surface area contributed by atoms with Gasteiger partial charge in [-0.25, -0.2) is 0 Å². The number of hydrogen-bond acceptors (Lipinski definition) is 4. The van der Waals surface area contributed by atoms with Crippen LogP contribution in [0.4, 0.5) is 0 Å². The summed E-state index contributed by atoms with van der Waals surface area (Å²) in [4.78, 5) is 0. The molecule has 0 aliphatic heterocycles. The number of hydrogen-bond donors (Lipinski definition) is 3. The number of nitrogens with one attached hydrogen (secondary N) is 1. The molecule has 5 heteroatoms. The monoisotopic (exact) mass is 253 g/mol. The van der Waals surface area contributed by atoms with Crippen molar-refractivity contribution in [3.05, 3.63) is 35.4 Å². The lowest BCUT2D eigenvalue weighted by Gasteiger charge is -2.05. The standard InChI is InChI=1S/C12H19N3OS/c1-17-8-2-7-14-9-10-3-5-11(6-4-10)12(13)15-16/h3-6,14,16H,2,7-9H2,1H3,(H2,13,15). The van der Waals surface area contributed by atoms with Crippen molar-refractivity contribution in [1.29, 1.82) is 0 Å². The summed E-state index contributed by atoms with van der Waals surface area (Å²) in [5.74, 6) is 1.33. The molecule has 4 nitrogen and oxygen atoms in total. The fraction of sp³-hybridized carbons (Fsp3) is 0.417. The second kappa shape index (κ2) is 7.97. The third kappa shape index (κ3) is 5.10. The van der Waals surface area contributed by atoms with Gasteiger partial charge in [0.05, 0.1) is 0 Å². The molecule has 0 aliphatic rings. The summed E-state index contributed by atoms with van der Waals surface area (Å²) >= 11 is 1.86. The van der Waals surface area contributed by atoms with Gasteiger partial charge in [0.1, 0.15) is 0 Å². The lowest BCUT2D eigenvalue weighted by atomic mass is 10.1. The Labute approximate surface area is 106 Å². The lowest BCUT2D eigenvalue weighted by molar-refractivity contribution is 0.318. The highest BCUT2D eigenvalue weighted by atomic mass is 32.2. The van der Waals surface area contributed by atoms with Gasteiger partial charge in [0.15, 0.2) is 5.84 Å². The van der Waals surface area contributed by atoms with Gasteiger partial charge < -0.3 is 16.3 Å². The first-order chi connectivity index (χ1) is 8.27. The Balaban J connectivity index is 2.35. The largest absolute Gasteiger partial charge is 0.409 e. The first-order valence-electron chi connectivity index (χ1n) is 5.54. The van der Waals surface area contributed by atoms with E-state index in [0.29, 0.717) is 0 Å². The molecule has 94 valence electrons. The molecule has 0 aliphatic carbocycles. The van der Waals surface area contributed by atoms with Crippen LogP contribution in [0.5, 0.6) is 0 Å². The maximum Gasteiger partial charge on any atom is 0.170 e. The Hall–Kier alpha value is -1.20. The van der Waals surface area contributed by atoms with E-state index in [1.54, 1.807) is 0 Å². The molecule has 1 rings (SSSR count). The number of amidine groups is 1. The molecule has 0 atom stereocenters. The molecule has 0 aromatic heterocycles. The number of benzene rings is 1. The van der Waals surface area contributed by atoms with Crippen molar-refractivity contribution >= 4 is 17.6 Å². The van der Waals surface area contributed by atoms with Gasteiger partial charge in [-0.1, -0.05) is 29.4 Å². The molecule has 1 aromatic carbocycles. The predicted molar refractivity (Wildman–Crippen MR) is 73.7 cm³/mol. The van der Waals surface area contributed by atoms with E-state index in [4.69, 9.17) is 10.9 Å². The lowest BCUT2D eigenvalue weighted by Crippen LogP contribution is -2.16. The Bertz CT molecular complexity index is 351. The summed E-state index contributed by atoms with van der Waals surface area (Å²) in [6, 6.07) is 7.67. The molecule has 17 heavy (non-hydrogen) atoms. The van der Waals surface area contributed by atoms with Crippen LogP contribution in [-0.2, 0) is 6.54 Å². The van der Waals surface area contributed by atoms with Gasteiger partial charge in [0.25, 0.3) is 0 Å². The van der Waals surface area contributed by atoms with Crippen molar-refractivity contribution < 1.29 is 5.21 Å². The van der Waals surface area contributed by atoms with Crippen molar-refractivity contribution in [2.75, 3.05) is 18.6 Å². The second-order valence-corrected chi connectivity index (χ2v) is 4.69. The van der Waals surface area contributed by atoms with E-state index in [0.717, 1.165) is 18.7 Å². The number of rotatable bonds is 7. The molecule has 0 fully saturated rings. The molecule has 0 heterocycles. The topological polar surface area (TPSA) is 70.6 Å². The predicted octanol–water partition coefficient (Wildman–Crippen LogP) is 1.62. The van der Waals surface area contributed by atoms with Crippen molar-refractivity contribution in [2.45, 2.75) is 13.0 Å². The van der Waals surface area contributed by atoms with Crippen LogP contribution in [-0.4, -0.2) is 29.6 Å². The summed E-state index contributed by atoms with van der Waals surface area (Å²) < 4.78 is 0. The highest BCUT2D eigenvalue weighted by Crippen LogP contribution is 2.04. The first-order valence-corrected chi connectivity index (χ1v) is 6.94. The fourth-order valence-electron chi connectivity index (χ4n) is 1.43. The number of thioether (sulfide) groups is 1. The maximum atomic E-state index is 8.53. The summed E-state index contributed by atoms with van der Waals surface area (Å²) in [6.45, 7) is 1.88. The second-order valence-electron chi connectivity index (χ2n) is 3.71. The molecule has 0 radical (unpaired) electrons. The van der Waals surface area contributed by atoms with Crippen LogP contribution in [0.1, 0.15) is 17.5 Å². The highest BCUT2D eigenvalue weighted by molar-refractivity contribution is 7.98. The third-order valence-corrected chi connectivity index (χ3v) is 3.09. The molecule has 0 unspecified atom stereocenters. The number of nitrogens with two attached hydrogens (primary N) is 1. The van der Waals surface area contributed by atoms with Crippen LogP contribution in [0, 0.1) is 0 Å². The minimum atomic E-state index is 0.143. The summed E-state index contributed by atoms with van der Waals surface area (Å²) in [5, 5.41) is 14.9. The maximum absolute atomic E-state index is 8.53. The minimum Gasteiger partial charge on any atom is -0.409 e. The van der Waals surface area contributed by atoms with Crippen LogP contribution >= 0.6 is 11.8 Å². The Morgan fingerprint density at radius 1 is 1.41 bits per heavy atom. The number of oxime groups is 1. The Morgan fingerprint density at radius 2 is 2.12 bits per heavy atom. The van der Waals surface area contributed by atoms with Crippen molar-refractivity contribution in [2.24, 2.45) is 10.9 Å². The Kier molecular flexibility index (Phi) is 6.50. The zero-order chi connectivity index (χ0) is 12.5. The SMILES string of the molecule is CSCCCNCc1ccc(C(N)=NO)cc1. The average Bonchev–Trinajstić information content (AvgIpc) is 2.38. The van der Waals surface area contributed by atoms with Crippen LogP contribution in [0.25, 0.3) is 0 Å². The normalized spacial score (nSPS) is 11.7.